The van der Waals surface area contributed by atoms with E-state index in [-0.39, 0.29) is 11.1 Å². The first-order valence-corrected chi connectivity index (χ1v) is 7.48. The van der Waals surface area contributed by atoms with Crippen molar-refractivity contribution in [3.8, 4) is 0 Å². The standard InChI is InChI=1S/C18H22O4/c1-2-3-4-8-11-15(17(19)20)13-16(18(21)22)12-14-9-6-5-7-10-14/h5-7,9-10,12-13H,2-4,8,11H2,1H3,(H,19,20)(H,21,22). The number of carbonyl (C=O) groups is 2. The molecule has 0 aliphatic heterocycles. The first kappa shape index (κ1) is 17.7. The van der Waals surface area contributed by atoms with Gasteiger partial charge in [-0.15, -0.1) is 0 Å². The molecule has 0 atom stereocenters. The van der Waals surface area contributed by atoms with Gasteiger partial charge in [0.15, 0.2) is 0 Å². The van der Waals surface area contributed by atoms with Crippen molar-refractivity contribution in [3.05, 3.63) is 53.1 Å². The average Bonchev–Trinajstić information content (AvgIpc) is 2.49. The van der Waals surface area contributed by atoms with Gasteiger partial charge in [0.05, 0.1) is 5.57 Å². The van der Waals surface area contributed by atoms with Crippen LogP contribution < -0.4 is 0 Å². The highest BCUT2D eigenvalue weighted by atomic mass is 16.4. The van der Waals surface area contributed by atoms with Crippen LogP contribution in [0.25, 0.3) is 6.08 Å². The van der Waals surface area contributed by atoms with Gasteiger partial charge in [-0.3, -0.25) is 0 Å². The monoisotopic (exact) mass is 302 g/mol. The molecule has 0 aromatic heterocycles. The maximum Gasteiger partial charge on any atom is 0.335 e. The minimum Gasteiger partial charge on any atom is -0.478 e. The number of carboxylic acid groups (broad SMARTS) is 2. The smallest absolute Gasteiger partial charge is 0.335 e. The van der Waals surface area contributed by atoms with Crippen LogP contribution in [-0.4, -0.2) is 22.2 Å². The van der Waals surface area contributed by atoms with E-state index in [1.54, 1.807) is 24.3 Å². The van der Waals surface area contributed by atoms with Gasteiger partial charge in [0.2, 0.25) is 0 Å². The molecule has 2 N–H and O–H groups in total. The molecule has 4 heteroatoms. The van der Waals surface area contributed by atoms with Crippen LogP contribution in [0.5, 0.6) is 0 Å². The average molecular weight is 302 g/mol. The van der Waals surface area contributed by atoms with Crippen molar-refractivity contribution in [2.75, 3.05) is 0 Å². The molecule has 0 aliphatic rings. The van der Waals surface area contributed by atoms with Crippen LogP contribution >= 0.6 is 0 Å². The third kappa shape index (κ3) is 6.39. The Bertz CT molecular complexity index is 556. The summed E-state index contributed by atoms with van der Waals surface area (Å²) < 4.78 is 0. The Hall–Kier alpha value is -2.36. The molecule has 0 radical (unpaired) electrons. The summed E-state index contributed by atoms with van der Waals surface area (Å²) in [5.41, 5.74) is 0.853. The second-order valence-corrected chi connectivity index (χ2v) is 5.10. The highest BCUT2D eigenvalue weighted by Gasteiger charge is 2.12. The predicted octanol–water partition coefficient (Wildman–Crippen LogP) is 4.14. The van der Waals surface area contributed by atoms with Crippen molar-refractivity contribution < 1.29 is 19.8 Å². The second kappa shape index (κ2) is 9.55. The summed E-state index contributed by atoms with van der Waals surface area (Å²) in [6, 6.07) is 9.00. The Labute approximate surface area is 130 Å². The van der Waals surface area contributed by atoms with Crippen molar-refractivity contribution >= 4 is 18.0 Å². The summed E-state index contributed by atoms with van der Waals surface area (Å²) in [6.45, 7) is 2.08. The van der Waals surface area contributed by atoms with E-state index in [1.807, 2.05) is 6.07 Å². The van der Waals surface area contributed by atoms with Crippen molar-refractivity contribution in [2.45, 2.75) is 39.0 Å². The van der Waals surface area contributed by atoms with Gasteiger partial charge in [-0.05, 0) is 30.6 Å². The first-order chi connectivity index (χ1) is 10.5. The van der Waals surface area contributed by atoms with Gasteiger partial charge < -0.3 is 10.2 Å². The molecule has 0 unspecified atom stereocenters. The quantitative estimate of drug-likeness (QED) is 0.408. The topological polar surface area (TPSA) is 74.6 Å². The molecule has 0 bridgehead atoms. The number of rotatable bonds is 9. The van der Waals surface area contributed by atoms with E-state index < -0.39 is 11.9 Å². The highest BCUT2D eigenvalue weighted by Crippen LogP contribution is 2.15. The van der Waals surface area contributed by atoms with Crippen LogP contribution in [0.3, 0.4) is 0 Å². The molecule has 1 rings (SSSR count). The molecule has 0 aliphatic carbocycles. The Morgan fingerprint density at radius 1 is 1.00 bits per heavy atom. The summed E-state index contributed by atoms with van der Waals surface area (Å²) in [7, 11) is 0. The lowest BCUT2D eigenvalue weighted by atomic mass is 10.0. The van der Waals surface area contributed by atoms with Crippen molar-refractivity contribution in [1.29, 1.82) is 0 Å². The van der Waals surface area contributed by atoms with Gasteiger partial charge in [0.25, 0.3) is 0 Å². The molecular formula is C18H22O4. The molecule has 1 aromatic rings. The maximum atomic E-state index is 11.3. The van der Waals surface area contributed by atoms with Crippen LogP contribution in [-0.2, 0) is 9.59 Å². The zero-order valence-corrected chi connectivity index (χ0v) is 12.8. The van der Waals surface area contributed by atoms with Crippen LogP contribution in [0.2, 0.25) is 0 Å². The molecule has 118 valence electrons. The predicted molar refractivity (Wildman–Crippen MR) is 86.5 cm³/mol. The summed E-state index contributed by atoms with van der Waals surface area (Å²) in [5.74, 6) is -2.19. The van der Waals surface area contributed by atoms with E-state index in [9.17, 15) is 19.8 Å². The second-order valence-electron chi connectivity index (χ2n) is 5.10. The lowest BCUT2D eigenvalue weighted by Crippen LogP contribution is -2.05. The van der Waals surface area contributed by atoms with Gasteiger partial charge >= 0.3 is 11.9 Å². The first-order valence-electron chi connectivity index (χ1n) is 7.48. The third-order valence-corrected chi connectivity index (χ3v) is 3.27. The fourth-order valence-corrected chi connectivity index (χ4v) is 2.06. The number of hydrogen-bond donors (Lipinski definition) is 2. The molecule has 4 nitrogen and oxygen atoms in total. The largest absolute Gasteiger partial charge is 0.478 e. The number of unbranched alkanes of at least 4 members (excludes halogenated alkanes) is 3. The van der Waals surface area contributed by atoms with Gasteiger partial charge in [-0.25, -0.2) is 9.59 Å². The van der Waals surface area contributed by atoms with E-state index in [0.29, 0.717) is 6.42 Å². The van der Waals surface area contributed by atoms with Crippen LogP contribution in [0.4, 0.5) is 0 Å². The Morgan fingerprint density at radius 2 is 1.68 bits per heavy atom. The van der Waals surface area contributed by atoms with Crippen LogP contribution in [0.15, 0.2) is 47.6 Å². The fraction of sp³-hybridized carbons (Fsp3) is 0.333. The van der Waals surface area contributed by atoms with Crippen molar-refractivity contribution in [3.63, 3.8) is 0 Å². The fourth-order valence-electron chi connectivity index (χ4n) is 2.06. The summed E-state index contributed by atoms with van der Waals surface area (Å²) in [4.78, 5) is 22.6. The molecule has 0 amide bonds. The van der Waals surface area contributed by atoms with Crippen molar-refractivity contribution in [1.82, 2.24) is 0 Å². The maximum absolute atomic E-state index is 11.3. The van der Waals surface area contributed by atoms with E-state index in [4.69, 9.17) is 0 Å². The van der Waals surface area contributed by atoms with Gasteiger partial charge in [-0.2, -0.15) is 0 Å². The minimum atomic E-state index is -1.13. The zero-order valence-electron chi connectivity index (χ0n) is 12.8. The third-order valence-electron chi connectivity index (χ3n) is 3.27. The molecule has 0 fully saturated rings. The van der Waals surface area contributed by atoms with Crippen LogP contribution in [0.1, 0.15) is 44.6 Å². The Morgan fingerprint density at radius 3 is 2.23 bits per heavy atom. The number of hydrogen-bond acceptors (Lipinski definition) is 2. The van der Waals surface area contributed by atoms with E-state index >= 15 is 0 Å². The lowest BCUT2D eigenvalue weighted by molar-refractivity contribution is -0.133. The molecule has 1 aromatic carbocycles. The number of benzene rings is 1. The highest BCUT2D eigenvalue weighted by molar-refractivity contribution is 5.98. The van der Waals surface area contributed by atoms with Crippen molar-refractivity contribution in [2.24, 2.45) is 0 Å². The molecule has 0 spiro atoms. The molecule has 0 saturated carbocycles. The number of aliphatic carboxylic acids is 2. The van der Waals surface area contributed by atoms with Gasteiger partial charge in [0, 0.05) is 5.57 Å². The number of carboxylic acids is 2. The van der Waals surface area contributed by atoms with E-state index in [1.165, 1.54) is 12.2 Å². The molecule has 0 saturated heterocycles. The molecule has 22 heavy (non-hydrogen) atoms. The molecular weight excluding hydrogens is 280 g/mol. The SMILES string of the molecule is CCCCCCC(=CC(=Cc1ccccc1)C(=O)O)C(=O)O. The summed E-state index contributed by atoms with van der Waals surface area (Å²) in [6.07, 6.45) is 6.96. The van der Waals surface area contributed by atoms with E-state index in [2.05, 4.69) is 6.92 Å². The Kier molecular flexibility index (Phi) is 7.68. The normalized spacial score (nSPS) is 12.2. The zero-order chi connectivity index (χ0) is 16.4. The van der Waals surface area contributed by atoms with E-state index in [0.717, 1.165) is 31.2 Å². The minimum absolute atomic E-state index is 0.0147. The van der Waals surface area contributed by atoms with Crippen LogP contribution in [0, 0.1) is 0 Å². The Balaban J connectivity index is 2.94. The van der Waals surface area contributed by atoms with Gasteiger partial charge in [0.1, 0.15) is 0 Å². The summed E-state index contributed by atoms with van der Waals surface area (Å²) >= 11 is 0. The lowest BCUT2D eigenvalue weighted by Gasteiger charge is -2.04. The van der Waals surface area contributed by atoms with Gasteiger partial charge in [-0.1, -0.05) is 56.5 Å². The molecule has 0 heterocycles. The summed E-state index contributed by atoms with van der Waals surface area (Å²) in [5, 5.41) is 18.5.